The minimum Gasteiger partial charge on any atom is -0.388 e. The van der Waals surface area contributed by atoms with E-state index in [0.717, 1.165) is 8.47 Å². The monoisotopic (exact) mass is 574 g/mol. The molecule has 1 saturated heterocycles. The Bertz CT molecular complexity index is 1070. The topological polar surface area (TPSA) is 129 Å². The van der Waals surface area contributed by atoms with Crippen molar-refractivity contribution < 1.29 is 19.1 Å². The molecule has 8 nitrogen and oxygen atoms in total. The molecule has 4 rings (SSSR count). The lowest BCUT2D eigenvalue weighted by atomic mass is 10.1. The van der Waals surface area contributed by atoms with E-state index in [-0.39, 0.29) is 23.4 Å². The van der Waals surface area contributed by atoms with Crippen LogP contribution in [0.4, 0.5) is 5.13 Å². The number of amides is 1. The van der Waals surface area contributed by atoms with Crippen LogP contribution in [0.1, 0.15) is 5.69 Å². The Morgan fingerprint density at radius 3 is 2.83 bits per heavy atom. The Balaban J connectivity index is 1.59. The molecule has 156 valence electrons. The number of β-lactam (4-membered cyclic amide) rings is 1. The maximum Gasteiger partial charge on any atom is 0.363 e. The van der Waals surface area contributed by atoms with Crippen LogP contribution in [0.15, 0.2) is 45.1 Å². The van der Waals surface area contributed by atoms with Crippen LogP contribution in [-0.4, -0.2) is 44.9 Å². The van der Waals surface area contributed by atoms with E-state index in [1.807, 2.05) is 24.3 Å². The fraction of sp³-hybridized carbons (Fsp3) is 0.222. The summed E-state index contributed by atoms with van der Waals surface area (Å²) in [5.74, 6) is -1.50. The van der Waals surface area contributed by atoms with E-state index in [0.29, 0.717) is 21.5 Å². The summed E-state index contributed by atoms with van der Waals surface area (Å²) in [6.07, 6.45) is -0.183. The van der Waals surface area contributed by atoms with Crippen molar-refractivity contribution in [1.82, 2.24) is 9.88 Å². The molecule has 2 aliphatic heterocycles. The van der Waals surface area contributed by atoms with Gasteiger partial charge in [0.25, 0.3) is 0 Å². The van der Waals surface area contributed by atoms with E-state index in [2.05, 4.69) is 27.6 Å². The van der Waals surface area contributed by atoms with Gasteiger partial charge in [-0.15, -0.1) is 23.1 Å². The highest BCUT2D eigenvalue weighted by Crippen LogP contribution is 2.45. The van der Waals surface area contributed by atoms with Gasteiger partial charge in [0, 0.05) is 24.5 Å². The Morgan fingerprint density at radius 2 is 2.13 bits per heavy atom. The number of thioether (sulfide) groups is 2. The van der Waals surface area contributed by atoms with Crippen molar-refractivity contribution >= 4 is 80.4 Å². The lowest BCUT2D eigenvalue weighted by Gasteiger charge is -2.48. The van der Waals surface area contributed by atoms with E-state index in [4.69, 9.17) is 16.2 Å². The number of esters is 2. The van der Waals surface area contributed by atoms with Crippen LogP contribution < -0.4 is 11.5 Å². The molecule has 1 aromatic carbocycles. The number of hydrogen-bond donors (Lipinski definition) is 2. The summed E-state index contributed by atoms with van der Waals surface area (Å²) < 4.78 is 6.08. The lowest BCUT2D eigenvalue weighted by Crippen LogP contribution is -2.68. The molecule has 0 spiro atoms. The highest BCUT2D eigenvalue weighted by molar-refractivity contribution is 14.1. The second-order valence-corrected chi connectivity index (χ2v) is 10.6. The van der Waals surface area contributed by atoms with Gasteiger partial charge in [0.1, 0.15) is 17.1 Å². The van der Waals surface area contributed by atoms with Crippen LogP contribution in [0, 0.1) is 3.57 Å². The summed E-state index contributed by atoms with van der Waals surface area (Å²) in [5.41, 5.74) is 12.0. The summed E-state index contributed by atoms with van der Waals surface area (Å²) in [4.78, 5) is 44.5. The van der Waals surface area contributed by atoms with Gasteiger partial charge >= 0.3 is 11.9 Å². The minimum atomic E-state index is -0.859. The summed E-state index contributed by atoms with van der Waals surface area (Å²) >= 11 is 6.28. The average Bonchev–Trinajstić information content (AvgIpc) is 3.12. The summed E-state index contributed by atoms with van der Waals surface area (Å²) in [7, 11) is 0. The van der Waals surface area contributed by atoms with Gasteiger partial charge in [0.15, 0.2) is 5.13 Å². The van der Waals surface area contributed by atoms with Crippen LogP contribution in [-0.2, 0) is 25.5 Å². The second kappa shape index (κ2) is 8.86. The normalized spacial score (nSPS) is 20.6. The van der Waals surface area contributed by atoms with Gasteiger partial charge in [-0.3, -0.25) is 14.5 Å². The molecule has 0 radical (unpaired) electrons. The molecule has 3 heterocycles. The molecule has 1 fully saturated rings. The smallest absolute Gasteiger partial charge is 0.363 e. The highest BCUT2D eigenvalue weighted by atomic mass is 127. The van der Waals surface area contributed by atoms with Crippen molar-refractivity contribution in [3.05, 3.63) is 49.5 Å². The number of ether oxygens (including phenoxy) is 1. The number of carbonyl (C=O) groups is 3. The molecule has 1 amide bonds. The molecule has 30 heavy (non-hydrogen) atoms. The predicted octanol–water partition coefficient (Wildman–Crippen LogP) is 2.19. The van der Waals surface area contributed by atoms with Gasteiger partial charge in [0.2, 0.25) is 5.91 Å². The molecule has 2 atom stereocenters. The molecule has 0 aliphatic carbocycles. The highest BCUT2D eigenvalue weighted by Gasteiger charge is 2.52. The van der Waals surface area contributed by atoms with E-state index in [1.165, 1.54) is 39.8 Å². The number of anilines is 1. The molecule has 1 unspecified atom stereocenters. The number of nitrogens with two attached hydrogens (primary N) is 2. The first kappa shape index (κ1) is 21.6. The van der Waals surface area contributed by atoms with Crippen LogP contribution >= 0.6 is 57.5 Å². The number of thiazole rings is 1. The average molecular weight is 574 g/mol. The van der Waals surface area contributed by atoms with Gasteiger partial charge in [-0.1, -0.05) is 23.9 Å². The van der Waals surface area contributed by atoms with E-state index < -0.39 is 18.0 Å². The first-order chi connectivity index (χ1) is 14.3. The molecule has 2 aromatic rings. The zero-order valence-electron chi connectivity index (χ0n) is 15.2. The van der Waals surface area contributed by atoms with Gasteiger partial charge in [0.05, 0.1) is 12.1 Å². The number of fused-ring (bicyclic) bond motifs is 1. The van der Waals surface area contributed by atoms with Crippen molar-refractivity contribution in [2.45, 2.75) is 22.7 Å². The third kappa shape index (κ3) is 4.23. The van der Waals surface area contributed by atoms with E-state index in [1.54, 1.807) is 5.38 Å². The summed E-state index contributed by atoms with van der Waals surface area (Å²) in [5, 5.41) is 1.62. The number of nitrogens with zero attached hydrogens (tertiary/aromatic N) is 2. The number of rotatable bonds is 5. The van der Waals surface area contributed by atoms with Crippen molar-refractivity contribution in [3.63, 3.8) is 0 Å². The van der Waals surface area contributed by atoms with E-state index >= 15 is 0 Å². The maximum atomic E-state index is 12.9. The maximum absolute atomic E-state index is 12.9. The molecule has 2 aliphatic rings. The van der Waals surface area contributed by atoms with Crippen LogP contribution in [0.3, 0.4) is 0 Å². The zero-order chi connectivity index (χ0) is 21.4. The van der Waals surface area contributed by atoms with Crippen LogP contribution in [0.5, 0.6) is 0 Å². The largest absolute Gasteiger partial charge is 0.388 e. The first-order valence-corrected chi connectivity index (χ1v) is 12.5. The molecule has 0 bridgehead atoms. The Hall–Kier alpha value is -1.61. The third-order valence-electron chi connectivity index (χ3n) is 4.34. The number of nitrogen functional groups attached to an aromatic ring is 1. The summed E-state index contributed by atoms with van der Waals surface area (Å²) in [6, 6.07) is 7.03. The quantitative estimate of drug-likeness (QED) is 0.239. The molecular formula is C18H15IN4O4S3. The van der Waals surface area contributed by atoms with Crippen LogP contribution in [0.2, 0.25) is 0 Å². The second-order valence-electron chi connectivity index (χ2n) is 6.36. The molecular weight excluding hydrogens is 559 g/mol. The Kier molecular flexibility index (Phi) is 6.39. The van der Waals surface area contributed by atoms with Gasteiger partial charge in [-0.2, -0.15) is 0 Å². The fourth-order valence-electron chi connectivity index (χ4n) is 2.96. The first-order valence-electron chi connectivity index (χ1n) is 8.66. The van der Waals surface area contributed by atoms with Crippen molar-refractivity contribution in [2.75, 3.05) is 11.5 Å². The number of benzene rings is 1. The van der Waals surface area contributed by atoms with Gasteiger partial charge in [-0.05, 0) is 34.7 Å². The minimum absolute atomic E-state index is 0.0845. The summed E-state index contributed by atoms with van der Waals surface area (Å²) in [6.45, 7) is 0. The molecule has 4 N–H and O–H groups in total. The number of aromatic nitrogens is 1. The SMILES string of the molecule is Nc1nc(CC(=O)OC(=O)C2=C(Sc3ccccc3I)CS[C@H]3C(N)C(=O)N23)cs1. The van der Waals surface area contributed by atoms with Gasteiger partial charge in [-0.25, -0.2) is 9.78 Å². The third-order valence-corrected chi connectivity index (χ3v) is 9.01. The number of hydrogen-bond acceptors (Lipinski definition) is 10. The lowest BCUT2D eigenvalue weighted by molar-refractivity contribution is -0.160. The Labute approximate surface area is 197 Å². The fourth-order valence-corrected chi connectivity index (χ4v) is 6.67. The predicted molar refractivity (Wildman–Crippen MR) is 124 cm³/mol. The van der Waals surface area contributed by atoms with Crippen molar-refractivity contribution in [2.24, 2.45) is 5.73 Å². The molecule has 1 aromatic heterocycles. The standard InChI is InChI=1S/C18H15IN4O4S3/c19-9-3-1-2-4-10(9)30-11-7-28-16-13(20)15(25)23(16)14(11)17(26)27-12(24)5-8-6-29-18(21)22-8/h1-4,6,13,16H,5,7,20H2,(H2,21,22)/t13?,16-/m0/s1. The van der Waals surface area contributed by atoms with Gasteiger partial charge < -0.3 is 16.2 Å². The Morgan fingerprint density at radius 1 is 1.37 bits per heavy atom. The molecule has 0 saturated carbocycles. The van der Waals surface area contributed by atoms with E-state index in [9.17, 15) is 14.4 Å². The zero-order valence-corrected chi connectivity index (χ0v) is 19.8. The van der Waals surface area contributed by atoms with Crippen LogP contribution in [0.25, 0.3) is 0 Å². The number of halogens is 1. The van der Waals surface area contributed by atoms with Crippen molar-refractivity contribution in [1.29, 1.82) is 0 Å². The molecule has 12 heteroatoms. The van der Waals surface area contributed by atoms with Crippen molar-refractivity contribution in [3.8, 4) is 0 Å². The number of carbonyl (C=O) groups excluding carboxylic acids is 3.